The van der Waals surface area contributed by atoms with Gasteiger partial charge in [0.05, 0.1) is 12.8 Å². The van der Waals surface area contributed by atoms with Gasteiger partial charge in [0, 0.05) is 0 Å². The zero-order valence-electron chi connectivity index (χ0n) is 9.04. The van der Waals surface area contributed by atoms with E-state index in [-0.39, 0.29) is 5.95 Å². The summed E-state index contributed by atoms with van der Waals surface area (Å²) in [7, 11) is 1.50. The van der Waals surface area contributed by atoms with Gasteiger partial charge in [-0.25, -0.2) is 0 Å². The van der Waals surface area contributed by atoms with Crippen LogP contribution in [0, 0.1) is 6.92 Å². The molecule has 1 heterocycles. The van der Waals surface area contributed by atoms with Gasteiger partial charge < -0.3 is 9.26 Å². The molecule has 0 spiro atoms. The molecular weight excluding hydrogens is 206 g/mol. The van der Waals surface area contributed by atoms with Crippen LogP contribution in [0.15, 0.2) is 45.1 Å². The lowest BCUT2D eigenvalue weighted by Crippen LogP contribution is -1.78. The zero-order valence-corrected chi connectivity index (χ0v) is 9.04. The summed E-state index contributed by atoms with van der Waals surface area (Å²) < 4.78 is 9.88. The summed E-state index contributed by atoms with van der Waals surface area (Å²) in [5.74, 6) is 0.275. The highest BCUT2D eigenvalue weighted by atomic mass is 16.6. The molecule has 0 fully saturated rings. The first-order valence-corrected chi connectivity index (χ1v) is 4.78. The summed E-state index contributed by atoms with van der Waals surface area (Å²) >= 11 is 0. The van der Waals surface area contributed by atoms with Crippen molar-refractivity contribution in [2.45, 2.75) is 6.92 Å². The summed E-state index contributed by atoms with van der Waals surface area (Å²) in [5.41, 5.74) is 1.94. The second-order valence-electron chi connectivity index (χ2n) is 3.14. The largest absolute Gasteiger partial charge is 0.465 e. The Bertz CT molecular complexity index is 491. The van der Waals surface area contributed by atoms with Gasteiger partial charge in [-0.2, -0.15) is 5.11 Å². The Kier molecular flexibility index (Phi) is 2.95. The maximum atomic E-state index is 4.97. The average molecular weight is 217 g/mol. The molecule has 82 valence electrons. The van der Waals surface area contributed by atoms with Gasteiger partial charge in [-0.3, -0.25) is 0 Å². The SMILES string of the molecule is COc1onc(C)c1N=Nc1ccccc1. The van der Waals surface area contributed by atoms with Crippen LogP contribution >= 0.6 is 0 Å². The van der Waals surface area contributed by atoms with Crippen molar-refractivity contribution in [2.24, 2.45) is 10.2 Å². The van der Waals surface area contributed by atoms with E-state index in [2.05, 4.69) is 15.4 Å². The van der Waals surface area contributed by atoms with Crippen LogP contribution in [-0.2, 0) is 0 Å². The van der Waals surface area contributed by atoms with Crippen LogP contribution < -0.4 is 4.74 Å². The fourth-order valence-corrected chi connectivity index (χ4v) is 1.19. The minimum atomic E-state index is 0.275. The minimum absolute atomic E-state index is 0.275. The topological polar surface area (TPSA) is 60.0 Å². The van der Waals surface area contributed by atoms with Crippen molar-refractivity contribution in [3.05, 3.63) is 36.0 Å². The van der Waals surface area contributed by atoms with E-state index in [4.69, 9.17) is 9.26 Å². The van der Waals surface area contributed by atoms with E-state index >= 15 is 0 Å². The van der Waals surface area contributed by atoms with E-state index in [9.17, 15) is 0 Å². The quantitative estimate of drug-likeness (QED) is 0.740. The van der Waals surface area contributed by atoms with Crippen LogP contribution in [-0.4, -0.2) is 12.3 Å². The number of methoxy groups -OCH3 is 1. The highest BCUT2D eigenvalue weighted by Gasteiger charge is 2.12. The number of nitrogens with zero attached hydrogens (tertiary/aromatic N) is 3. The number of aromatic nitrogens is 1. The molecule has 0 N–H and O–H groups in total. The van der Waals surface area contributed by atoms with Crippen molar-refractivity contribution in [1.82, 2.24) is 5.16 Å². The smallest absolute Gasteiger partial charge is 0.339 e. The highest BCUT2D eigenvalue weighted by molar-refractivity contribution is 5.49. The summed E-state index contributed by atoms with van der Waals surface area (Å²) in [4.78, 5) is 0. The van der Waals surface area contributed by atoms with E-state index in [1.54, 1.807) is 6.92 Å². The Morgan fingerprint density at radius 2 is 1.94 bits per heavy atom. The molecule has 1 aromatic heterocycles. The van der Waals surface area contributed by atoms with E-state index in [0.29, 0.717) is 11.4 Å². The zero-order chi connectivity index (χ0) is 11.4. The van der Waals surface area contributed by atoms with Gasteiger partial charge in [-0.1, -0.05) is 23.4 Å². The predicted octanol–water partition coefficient (Wildman–Crippen LogP) is 3.41. The van der Waals surface area contributed by atoms with Gasteiger partial charge in [-0.15, -0.1) is 5.11 Å². The molecule has 2 aromatic rings. The maximum absolute atomic E-state index is 4.97. The Labute approximate surface area is 92.7 Å². The Balaban J connectivity index is 2.27. The molecule has 1 aromatic carbocycles. The monoisotopic (exact) mass is 217 g/mol. The molecule has 0 saturated carbocycles. The van der Waals surface area contributed by atoms with Gasteiger partial charge in [0.15, 0.2) is 5.69 Å². The van der Waals surface area contributed by atoms with Crippen LogP contribution in [0.2, 0.25) is 0 Å². The fourth-order valence-electron chi connectivity index (χ4n) is 1.19. The van der Waals surface area contributed by atoms with Gasteiger partial charge in [0.2, 0.25) is 0 Å². The van der Waals surface area contributed by atoms with Crippen LogP contribution in [0.5, 0.6) is 5.95 Å². The van der Waals surface area contributed by atoms with Crippen LogP contribution in [0.4, 0.5) is 11.4 Å². The highest BCUT2D eigenvalue weighted by Crippen LogP contribution is 2.31. The maximum Gasteiger partial charge on any atom is 0.339 e. The van der Waals surface area contributed by atoms with E-state index in [1.807, 2.05) is 30.3 Å². The lowest BCUT2D eigenvalue weighted by molar-refractivity contribution is 0.260. The lowest BCUT2D eigenvalue weighted by Gasteiger charge is -1.93. The number of rotatable bonds is 3. The van der Waals surface area contributed by atoms with E-state index in [1.165, 1.54) is 7.11 Å². The van der Waals surface area contributed by atoms with Crippen molar-refractivity contribution in [2.75, 3.05) is 7.11 Å². The molecule has 0 bridgehead atoms. The summed E-state index contributed by atoms with van der Waals surface area (Å²) in [6, 6.07) is 9.43. The first-order valence-electron chi connectivity index (χ1n) is 4.78. The molecule has 2 rings (SSSR count). The Hall–Kier alpha value is -2.17. The number of benzene rings is 1. The minimum Gasteiger partial charge on any atom is -0.465 e. The van der Waals surface area contributed by atoms with Crippen molar-refractivity contribution in [1.29, 1.82) is 0 Å². The van der Waals surface area contributed by atoms with Crippen molar-refractivity contribution >= 4 is 11.4 Å². The van der Waals surface area contributed by atoms with Crippen LogP contribution in [0.25, 0.3) is 0 Å². The molecular formula is C11H11N3O2. The third-order valence-corrected chi connectivity index (χ3v) is 2.01. The molecule has 5 heteroatoms. The number of hydrogen-bond donors (Lipinski definition) is 0. The summed E-state index contributed by atoms with van der Waals surface area (Å²) in [6.07, 6.45) is 0. The summed E-state index contributed by atoms with van der Waals surface area (Å²) in [6.45, 7) is 1.78. The Morgan fingerprint density at radius 3 is 2.62 bits per heavy atom. The van der Waals surface area contributed by atoms with Gasteiger partial charge in [-0.05, 0) is 19.1 Å². The molecule has 0 aliphatic rings. The van der Waals surface area contributed by atoms with E-state index in [0.717, 1.165) is 5.69 Å². The second-order valence-corrected chi connectivity index (χ2v) is 3.14. The molecule has 0 aliphatic carbocycles. The molecule has 0 saturated heterocycles. The number of aryl methyl sites for hydroxylation is 1. The number of azo groups is 1. The van der Waals surface area contributed by atoms with Crippen LogP contribution in [0.3, 0.4) is 0 Å². The normalized spacial score (nSPS) is 10.9. The van der Waals surface area contributed by atoms with Crippen LogP contribution in [0.1, 0.15) is 5.69 Å². The van der Waals surface area contributed by atoms with Gasteiger partial charge in [0.25, 0.3) is 0 Å². The first-order chi connectivity index (χ1) is 7.81. The second kappa shape index (κ2) is 4.57. The standard InChI is InChI=1S/C11H11N3O2/c1-8-10(11(15-2)16-14-8)13-12-9-6-4-3-5-7-9/h3-7H,1-2H3. The molecule has 16 heavy (non-hydrogen) atoms. The van der Waals surface area contributed by atoms with Crippen molar-refractivity contribution < 1.29 is 9.26 Å². The predicted molar refractivity (Wildman–Crippen MR) is 58.4 cm³/mol. The Morgan fingerprint density at radius 1 is 1.19 bits per heavy atom. The number of hydrogen-bond acceptors (Lipinski definition) is 5. The third-order valence-electron chi connectivity index (χ3n) is 2.01. The molecule has 0 unspecified atom stereocenters. The molecule has 0 atom stereocenters. The van der Waals surface area contributed by atoms with Gasteiger partial charge in [0.1, 0.15) is 5.69 Å². The molecule has 0 radical (unpaired) electrons. The van der Waals surface area contributed by atoms with Gasteiger partial charge >= 0.3 is 5.95 Å². The fraction of sp³-hybridized carbons (Fsp3) is 0.182. The average Bonchev–Trinajstić information content (AvgIpc) is 2.69. The number of ether oxygens (including phenoxy) is 1. The summed E-state index contributed by atoms with van der Waals surface area (Å²) in [5, 5.41) is 11.9. The third kappa shape index (κ3) is 2.08. The lowest BCUT2D eigenvalue weighted by atomic mass is 10.3. The molecule has 5 nitrogen and oxygen atoms in total. The van der Waals surface area contributed by atoms with E-state index < -0.39 is 0 Å². The van der Waals surface area contributed by atoms with Crippen molar-refractivity contribution in [3.8, 4) is 5.95 Å². The first kappa shape index (κ1) is 10.4. The molecule has 0 amide bonds. The molecule has 0 aliphatic heterocycles. The van der Waals surface area contributed by atoms with Crippen molar-refractivity contribution in [3.63, 3.8) is 0 Å².